The molecule has 0 radical (unpaired) electrons. The van der Waals surface area contributed by atoms with Crippen molar-refractivity contribution in [2.45, 2.75) is 6.42 Å². The fourth-order valence-corrected chi connectivity index (χ4v) is 3.26. The summed E-state index contributed by atoms with van der Waals surface area (Å²) in [6.07, 6.45) is 2.61. The van der Waals surface area contributed by atoms with Crippen molar-refractivity contribution in [1.29, 1.82) is 0 Å². The van der Waals surface area contributed by atoms with Crippen LogP contribution in [-0.4, -0.2) is 0 Å². The second kappa shape index (κ2) is 3.89. The first kappa shape index (κ1) is 11.0. The molecule has 4 aromatic rings. The summed E-state index contributed by atoms with van der Waals surface area (Å²) in [5.41, 5.74) is 3.29. The summed E-state index contributed by atoms with van der Waals surface area (Å²) in [7, 11) is 0. The summed E-state index contributed by atoms with van der Waals surface area (Å²) in [5.74, 6) is 1.88. The Morgan fingerprint density at radius 2 is 1.57 bits per heavy atom. The van der Waals surface area contributed by atoms with Gasteiger partial charge >= 0.3 is 0 Å². The minimum atomic E-state index is 0.848. The molecule has 0 atom stereocenters. The normalized spacial score (nSPS) is 13.0. The number of para-hydroxylation sites is 1. The van der Waals surface area contributed by atoms with E-state index in [1.807, 2.05) is 24.3 Å². The van der Waals surface area contributed by atoms with Gasteiger partial charge < -0.3 is 9.15 Å². The molecule has 2 nitrogen and oxygen atoms in total. The Balaban J connectivity index is 1.93. The highest BCUT2D eigenvalue weighted by Gasteiger charge is 2.23. The van der Waals surface area contributed by atoms with E-state index >= 15 is 0 Å². The molecule has 0 bridgehead atoms. The first-order chi connectivity index (χ1) is 10.4. The summed E-state index contributed by atoms with van der Waals surface area (Å²) in [6, 6.07) is 18.6. The number of fused-ring (bicyclic) bond motifs is 7. The first-order valence-corrected chi connectivity index (χ1v) is 7.08. The van der Waals surface area contributed by atoms with Gasteiger partial charge in [-0.15, -0.1) is 0 Å². The molecule has 2 heterocycles. The van der Waals surface area contributed by atoms with E-state index < -0.39 is 0 Å². The van der Waals surface area contributed by atoms with Gasteiger partial charge in [-0.3, -0.25) is 0 Å². The summed E-state index contributed by atoms with van der Waals surface area (Å²) < 4.78 is 12.0. The molecular weight excluding hydrogens is 260 g/mol. The van der Waals surface area contributed by atoms with Gasteiger partial charge in [0.15, 0.2) is 0 Å². The number of rotatable bonds is 0. The Hall–Kier alpha value is -2.74. The third kappa shape index (κ3) is 1.42. The largest absolute Gasteiger partial charge is 0.464 e. The topological polar surface area (TPSA) is 22.4 Å². The maximum atomic E-state index is 6.21. The van der Waals surface area contributed by atoms with Gasteiger partial charge in [0, 0.05) is 22.8 Å². The number of benzene rings is 3. The minimum Gasteiger partial charge on any atom is -0.464 e. The second-order valence-corrected chi connectivity index (χ2v) is 5.40. The van der Waals surface area contributed by atoms with Gasteiger partial charge in [-0.05, 0) is 23.1 Å². The average molecular weight is 272 g/mol. The fraction of sp³-hybridized carbons (Fsp3) is 0.0526. The van der Waals surface area contributed by atoms with Crippen molar-refractivity contribution in [3.05, 3.63) is 72.0 Å². The smallest absolute Gasteiger partial charge is 0.142 e. The van der Waals surface area contributed by atoms with Gasteiger partial charge in [0.25, 0.3) is 0 Å². The Bertz CT molecular complexity index is 995. The van der Waals surface area contributed by atoms with Gasteiger partial charge in [0.1, 0.15) is 17.1 Å². The molecule has 100 valence electrons. The number of hydrogen-bond acceptors (Lipinski definition) is 2. The summed E-state index contributed by atoms with van der Waals surface area (Å²) in [6.45, 7) is 0. The molecular formula is C19H12O2. The standard InChI is InChI=1S/C19H12O2/c1-4-8-17-12(5-1)11-16-18-15(9-10-20-18)13-6-2-3-7-14(13)19(16)21-17/h1-10H,11H2. The van der Waals surface area contributed by atoms with Crippen molar-refractivity contribution in [1.82, 2.24) is 0 Å². The lowest BCUT2D eigenvalue weighted by molar-refractivity contribution is 0.464. The van der Waals surface area contributed by atoms with Crippen LogP contribution in [0.15, 0.2) is 65.3 Å². The fourth-order valence-electron chi connectivity index (χ4n) is 3.26. The van der Waals surface area contributed by atoms with E-state index in [-0.39, 0.29) is 0 Å². The molecule has 1 aromatic heterocycles. The monoisotopic (exact) mass is 272 g/mol. The molecule has 1 aliphatic rings. The van der Waals surface area contributed by atoms with Gasteiger partial charge in [0.05, 0.1) is 6.26 Å². The Kier molecular flexibility index (Phi) is 2.03. The summed E-state index contributed by atoms with van der Waals surface area (Å²) in [4.78, 5) is 0. The SMILES string of the molecule is c1ccc2c(c1)Cc1c(c3ccccc3c3ccoc13)O2. The molecule has 0 N–H and O–H groups in total. The Morgan fingerprint density at radius 3 is 2.52 bits per heavy atom. The van der Waals surface area contributed by atoms with Crippen molar-refractivity contribution in [3.8, 4) is 11.5 Å². The zero-order chi connectivity index (χ0) is 13.8. The number of ether oxygens (including phenoxy) is 1. The van der Waals surface area contributed by atoms with E-state index in [9.17, 15) is 0 Å². The molecule has 0 fully saturated rings. The van der Waals surface area contributed by atoms with E-state index in [4.69, 9.17) is 9.15 Å². The molecule has 1 aliphatic heterocycles. The van der Waals surface area contributed by atoms with Crippen LogP contribution in [0, 0.1) is 0 Å². The van der Waals surface area contributed by atoms with E-state index in [1.165, 1.54) is 10.9 Å². The molecule has 0 aliphatic carbocycles. The molecule has 3 aromatic carbocycles. The zero-order valence-corrected chi connectivity index (χ0v) is 11.3. The molecule has 0 amide bonds. The minimum absolute atomic E-state index is 0.848. The molecule has 0 saturated carbocycles. The average Bonchev–Trinajstić information content (AvgIpc) is 3.03. The highest BCUT2D eigenvalue weighted by molar-refractivity contribution is 6.10. The predicted molar refractivity (Wildman–Crippen MR) is 83.0 cm³/mol. The molecule has 5 rings (SSSR count). The molecule has 2 heteroatoms. The third-order valence-electron chi connectivity index (χ3n) is 4.23. The quantitative estimate of drug-likeness (QED) is 0.382. The maximum Gasteiger partial charge on any atom is 0.142 e. The van der Waals surface area contributed by atoms with Crippen LogP contribution in [0.4, 0.5) is 0 Å². The number of hydrogen-bond donors (Lipinski definition) is 0. The number of furan rings is 1. The lowest BCUT2D eigenvalue weighted by Crippen LogP contribution is -2.03. The van der Waals surface area contributed by atoms with Gasteiger partial charge in [-0.25, -0.2) is 0 Å². The zero-order valence-electron chi connectivity index (χ0n) is 11.3. The van der Waals surface area contributed by atoms with Crippen molar-refractivity contribution in [2.24, 2.45) is 0 Å². The van der Waals surface area contributed by atoms with Crippen LogP contribution in [-0.2, 0) is 6.42 Å². The second-order valence-electron chi connectivity index (χ2n) is 5.40. The Labute approximate surface area is 121 Å². The molecule has 0 saturated heterocycles. The van der Waals surface area contributed by atoms with E-state index in [1.54, 1.807) is 6.26 Å². The highest BCUT2D eigenvalue weighted by atomic mass is 16.5. The van der Waals surface area contributed by atoms with Crippen LogP contribution in [0.5, 0.6) is 11.5 Å². The molecule has 0 unspecified atom stereocenters. The predicted octanol–water partition coefficient (Wildman–Crippen LogP) is 5.28. The molecule has 21 heavy (non-hydrogen) atoms. The lowest BCUT2D eigenvalue weighted by atomic mass is 9.94. The van der Waals surface area contributed by atoms with E-state index in [2.05, 4.69) is 30.3 Å². The summed E-state index contributed by atoms with van der Waals surface area (Å²) >= 11 is 0. The highest BCUT2D eigenvalue weighted by Crippen LogP contribution is 2.45. The van der Waals surface area contributed by atoms with Crippen LogP contribution < -0.4 is 4.74 Å². The van der Waals surface area contributed by atoms with Crippen molar-refractivity contribution >= 4 is 21.7 Å². The van der Waals surface area contributed by atoms with E-state index in [0.717, 1.165) is 39.8 Å². The van der Waals surface area contributed by atoms with Gasteiger partial charge in [-0.1, -0.05) is 42.5 Å². The summed E-state index contributed by atoms with van der Waals surface area (Å²) in [5, 5.41) is 3.49. The van der Waals surface area contributed by atoms with Crippen molar-refractivity contribution < 1.29 is 9.15 Å². The van der Waals surface area contributed by atoms with Gasteiger partial charge in [-0.2, -0.15) is 0 Å². The Morgan fingerprint density at radius 1 is 0.762 bits per heavy atom. The van der Waals surface area contributed by atoms with Crippen molar-refractivity contribution in [2.75, 3.05) is 0 Å². The maximum absolute atomic E-state index is 6.21. The van der Waals surface area contributed by atoms with E-state index in [0.29, 0.717) is 0 Å². The lowest BCUT2D eigenvalue weighted by Gasteiger charge is -2.22. The van der Waals surface area contributed by atoms with Crippen LogP contribution in [0.1, 0.15) is 11.1 Å². The molecule has 0 spiro atoms. The van der Waals surface area contributed by atoms with Crippen LogP contribution in [0.2, 0.25) is 0 Å². The third-order valence-corrected chi connectivity index (χ3v) is 4.23. The van der Waals surface area contributed by atoms with Gasteiger partial charge in [0.2, 0.25) is 0 Å². The van der Waals surface area contributed by atoms with Crippen LogP contribution >= 0.6 is 0 Å². The van der Waals surface area contributed by atoms with Crippen LogP contribution in [0.3, 0.4) is 0 Å². The van der Waals surface area contributed by atoms with Crippen molar-refractivity contribution in [3.63, 3.8) is 0 Å². The first-order valence-electron chi connectivity index (χ1n) is 7.08. The van der Waals surface area contributed by atoms with Crippen LogP contribution in [0.25, 0.3) is 21.7 Å².